The summed E-state index contributed by atoms with van der Waals surface area (Å²) in [6.45, 7) is 10.3. The van der Waals surface area contributed by atoms with Crippen LogP contribution in [0.1, 0.15) is 86.5 Å². The Kier molecular flexibility index (Phi) is 7.52. The zero-order valence-electron chi connectivity index (χ0n) is 23.6. The number of aliphatic hydroxyl groups excluding tert-OH is 1. The van der Waals surface area contributed by atoms with Crippen LogP contribution in [0.5, 0.6) is 0 Å². The molecule has 8 unspecified atom stereocenters. The molecule has 4 rings (SSSR count). The molecule has 4 aliphatic rings. The second-order valence-electron chi connectivity index (χ2n) is 12.6. The van der Waals surface area contributed by atoms with Gasteiger partial charge in [-0.25, -0.2) is 0 Å². The Hall–Kier alpha value is -2.03. The van der Waals surface area contributed by atoms with E-state index in [9.17, 15) is 29.7 Å². The van der Waals surface area contributed by atoms with E-state index in [4.69, 9.17) is 9.47 Å². The Labute approximate surface area is 225 Å². The monoisotopic (exact) mass is 532 g/mol. The van der Waals surface area contributed by atoms with Gasteiger partial charge in [0, 0.05) is 48.9 Å². The molecule has 0 saturated heterocycles. The molecule has 0 bridgehead atoms. The van der Waals surface area contributed by atoms with E-state index in [1.807, 2.05) is 13.8 Å². The number of fused-ring (bicyclic) bond motifs is 5. The van der Waals surface area contributed by atoms with Crippen LogP contribution in [0, 0.1) is 29.1 Å². The number of ketones is 1. The van der Waals surface area contributed by atoms with Gasteiger partial charge >= 0.3 is 11.9 Å². The van der Waals surface area contributed by atoms with E-state index in [0.717, 1.165) is 25.7 Å². The number of unbranched alkanes of at least 4 members (excludes halogenated alkanes) is 4. The molecule has 0 aliphatic heterocycles. The molecule has 212 valence electrons. The van der Waals surface area contributed by atoms with Crippen molar-refractivity contribution < 1.29 is 39.2 Å². The van der Waals surface area contributed by atoms with Crippen molar-refractivity contribution in [3.05, 3.63) is 23.3 Å². The molecule has 38 heavy (non-hydrogen) atoms. The molecule has 0 aromatic rings. The molecule has 0 radical (unpaired) electrons. The molecule has 0 aromatic carbocycles. The van der Waals surface area contributed by atoms with Crippen LogP contribution in [0.15, 0.2) is 23.3 Å². The summed E-state index contributed by atoms with van der Waals surface area (Å²) in [6.07, 6.45) is 7.45. The number of Topliss-reactive ketones (excluding diaryl/α,β-unsaturated/α-hetero) is 1. The molecule has 0 amide bonds. The fourth-order valence-electron chi connectivity index (χ4n) is 8.11. The molecular weight excluding hydrogens is 488 g/mol. The van der Waals surface area contributed by atoms with E-state index < -0.39 is 63.7 Å². The van der Waals surface area contributed by atoms with Crippen LogP contribution in [-0.2, 0) is 23.9 Å². The predicted molar refractivity (Wildman–Crippen MR) is 140 cm³/mol. The largest absolute Gasteiger partial charge is 0.458 e. The van der Waals surface area contributed by atoms with Gasteiger partial charge in [0.1, 0.15) is 11.7 Å². The van der Waals surface area contributed by atoms with Crippen molar-refractivity contribution in [1.82, 2.24) is 0 Å². The fraction of sp³-hybridized carbons (Fsp3) is 0.767. The number of rotatable bonds is 9. The highest BCUT2D eigenvalue weighted by Gasteiger charge is 2.87. The third kappa shape index (κ3) is 4.01. The van der Waals surface area contributed by atoms with Gasteiger partial charge in [0.05, 0.1) is 12.2 Å². The summed E-state index contributed by atoms with van der Waals surface area (Å²) < 4.78 is 12.1. The average molecular weight is 533 g/mol. The highest BCUT2D eigenvalue weighted by molar-refractivity contribution is 6.04. The molecule has 4 aliphatic carbocycles. The van der Waals surface area contributed by atoms with Crippen LogP contribution >= 0.6 is 0 Å². The number of ether oxygens (including phenoxy) is 2. The maximum absolute atomic E-state index is 13.2. The molecule has 2 fully saturated rings. The Morgan fingerprint density at radius 2 is 1.76 bits per heavy atom. The van der Waals surface area contributed by atoms with Gasteiger partial charge in [0.2, 0.25) is 0 Å². The normalized spacial score (nSPS) is 40.7. The third-order valence-corrected chi connectivity index (χ3v) is 10.0. The van der Waals surface area contributed by atoms with E-state index in [1.165, 1.54) is 6.92 Å². The second-order valence-corrected chi connectivity index (χ2v) is 12.6. The van der Waals surface area contributed by atoms with Gasteiger partial charge in [-0.1, -0.05) is 65.5 Å². The first-order valence-corrected chi connectivity index (χ1v) is 14.1. The lowest BCUT2D eigenvalue weighted by atomic mass is 9.59. The van der Waals surface area contributed by atoms with Crippen molar-refractivity contribution in [2.45, 2.75) is 109 Å². The third-order valence-electron chi connectivity index (χ3n) is 10.0. The molecule has 0 spiro atoms. The zero-order valence-corrected chi connectivity index (χ0v) is 23.6. The fourth-order valence-corrected chi connectivity index (χ4v) is 8.11. The van der Waals surface area contributed by atoms with Gasteiger partial charge in [-0.2, -0.15) is 0 Å². The smallest absolute Gasteiger partial charge is 0.306 e. The van der Waals surface area contributed by atoms with Crippen molar-refractivity contribution in [2.24, 2.45) is 29.1 Å². The van der Waals surface area contributed by atoms with Crippen LogP contribution in [0.3, 0.4) is 0 Å². The lowest BCUT2D eigenvalue weighted by Crippen LogP contribution is -2.66. The second kappa shape index (κ2) is 9.86. The van der Waals surface area contributed by atoms with Crippen molar-refractivity contribution in [2.75, 3.05) is 6.61 Å². The van der Waals surface area contributed by atoms with Gasteiger partial charge in [0.15, 0.2) is 11.4 Å². The molecule has 3 N–H and O–H groups in total. The number of aliphatic hydroxyl groups is 3. The van der Waals surface area contributed by atoms with Gasteiger partial charge in [-0.3, -0.25) is 14.4 Å². The summed E-state index contributed by atoms with van der Waals surface area (Å²) in [5, 5.41) is 34.5. The summed E-state index contributed by atoms with van der Waals surface area (Å²) in [6, 6.07) is 0. The summed E-state index contributed by atoms with van der Waals surface area (Å²) >= 11 is 0. The number of hydrogen-bond acceptors (Lipinski definition) is 8. The summed E-state index contributed by atoms with van der Waals surface area (Å²) in [5.41, 5.74) is -4.70. The van der Waals surface area contributed by atoms with E-state index >= 15 is 0 Å². The summed E-state index contributed by atoms with van der Waals surface area (Å²) in [4.78, 5) is 38.7. The minimum absolute atomic E-state index is 0.109. The lowest BCUT2D eigenvalue weighted by molar-refractivity contribution is -0.228. The number of esters is 2. The Balaban J connectivity index is 1.78. The summed E-state index contributed by atoms with van der Waals surface area (Å²) in [7, 11) is 0. The maximum Gasteiger partial charge on any atom is 0.306 e. The molecular formula is C30H44O8. The number of carbonyl (C=O) groups excluding carboxylic acids is 3. The van der Waals surface area contributed by atoms with E-state index in [1.54, 1.807) is 26.0 Å². The quantitative estimate of drug-likeness (QED) is 0.234. The first kappa shape index (κ1) is 29.0. The summed E-state index contributed by atoms with van der Waals surface area (Å²) in [5.74, 6) is -4.31. The lowest BCUT2D eigenvalue weighted by Gasteiger charge is -2.53. The topological polar surface area (TPSA) is 130 Å². The maximum atomic E-state index is 13.2. The van der Waals surface area contributed by atoms with E-state index in [0.29, 0.717) is 17.6 Å². The number of hydrogen-bond donors (Lipinski definition) is 3. The highest BCUT2D eigenvalue weighted by atomic mass is 16.6. The molecule has 8 nitrogen and oxygen atoms in total. The average Bonchev–Trinajstić information content (AvgIpc) is 3.27. The van der Waals surface area contributed by atoms with Crippen LogP contribution < -0.4 is 0 Å². The van der Waals surface area contributed by atoms with E-state index in [-0.39, 0.29) is 25.4 Å². The predicted octanol–water partition coefficient (Wildman–Crippen LogP) is 3.41. The minimum atomic E-state index is -1.93. The first-order chi connectivity index (χ1) is 17.7. The molecule has 8 atom stereocenters. The van der Waals surface area contributed by atoms with Crippen molar-refractivity contribution in [3.63, 3.8) is 0 Å². The number of carbonyl (C=O) groups is 3. The minimum Gasteiger partial charge on any atom is -0.458 e. The van der Waals surface area contributed by atoms with Crippen molar-refractivity contribution in [1.29, 1.82) is 0 Å². The van der Waals surface area contributed by atoms with Gasteiger partial charge < -0.3 is 24.8 Å². The molecule has 2 saturated carbocycles. The standard InChI is InChI=1S/C30H44O8/c1-7-8-9-10-11-12-23(33)38-30-24(27(30,5)6)21-14-20(16-31)15-28(35)22(13-17(2)25(28)34)29(21,36)18(3)26(30)37-19(4)32/h13-14,18,21-22,24,26,31,35-36H,7-12,15-16H2,1-6H3. The van der Waals surface area contributed by atoms with Gasteiger partial charge in [0.25, 0.3) is 0 Å². The van der Waals surface area contributed by atoms with Crippen molar-refractivity contribution in [3.8, 4) is 0 Å². The Morgan fingerprint density at radius 1 is 1.11 bits per heavy atom. The van der Waals surface area contributed by atoms with Crippen molar-refractivity contribution >= 4 is 17.7 Å². The molecule has 0 aromatic heterocycles. The Morgan fingerprint density at radius 3 is 2.37 bits per heavy atom. The van der Waals surface area contributed by atoms with Crippen LogP contribution in [0.2, 0.25) is 0 Å². The molecule has 0 heterocycles. The first-order valence-electron chi connectivity index (χ1n) is 14.1. The van der Waals surface area contributed by atoms with Gasteiger partial charge in [-0.15, -0.1) is 0 Å². The van der Waals surface area contributed by atoms with Crippen LogP contribution in [0.4, 0.5) is 0 Å². The Bertz CT molecular complexity index is 1060. The SMILES string of the molecule is CCCCCCCC(=O)OC12C(OC(C)=O)C(C)C3(O)C(C=C(CO)CC4(O)C(=O)C(C)=CC43)C1C2(C)C. The van der Waals surface area contributed by atoms with E-state index in [2.05, 4.69) is 6.92 Å². The zero-order chi connectivity index (χ0) is 28.3. The van der Waals surface area contributed by atoms with Crippen LogP contribution in [0.25, 0.3) is 0 Å². The highest BCUT2D eigenvalue weighted by Crippen LogP contribution is 2.77. The van der Waals surface area contributed by atoms with Gasteiger partial charge in [-0.05, 0) is 24.5 Å². The van der Waals surface area contributed by atoms with Crippen LogP contribution in [-0.4, -0.2) is 62.6 Å². The molecule has 8 heteroatoms.